The Kier molecular flexibility index (Phi) is 4.46. The number of piperidine rings is 1. The standard InChI is InChI=1S/C16H22N4O/c1-16(2,3)15(21)20-9-6-13(7-10-20)19-14-12(11-17)5-4-8-18-14/h4-5,8,13H,6-7,9-10H2,1-3H3,(H,18,19). The Morgan fingerprint density at radius 1 is 1.43 bits per heavy atom. The number of carbonyl (C=O) groups is 1. The van der Waals surface area contributed by atoms with Crippen LogP contribution in [0.15, 0.2) is 18.3 Å². The molecule has 1 aliphatic heterocycles. The number of anilines is 1. The van der Waals surface area contributed by atoms with Gasteiger partial charge in [0.1, 0.15) is 11.9 Å². The second-order valence-corrected chi connectivity index (χ2v) is 6.47. The predicted octanol–water partition coefficient (Wildman–Crippen LogP) is 2.40. The molecular formula is C16H22N4O. The van der Waals surface area contributed by atoms with Crippen LogP contribution in [0.2, 0.25) is 0 Å². The van der Waals surface area contributed by atoms with Crippen LogP contribution in [0.4, 0.5) is 5.82 Å². The minimum Gasteiger partial charge on any atom is -0.366 e. The fraction of sp³-hybridized carbons (Fsp3) is 0.562. The first-order valence-corrected chi connectivity index (χ1v) is 7.33. The lowest BCUT2D eigenvalue weighted by Crippen LogP contribution is -2.46. The van der Waals surface area contributed by atoms with Crippen LogP contribution in [0.3, 0.4) is 0 Å². The number of amides is 1. The molecule has 112 valence electrons. The van der Waals surface area contributed by atoms with E-state index in [1.54, 1.807) is 18.3 Å². The molecule has 0 bridgehead atoms. The number of hydrogen-bond acceptors (Lipinski definition) is 4. The van der Waals surface area contributed by atoms with Gasteiger partial charge in [-0.15, -0.1) is 0 Å². The van der Waals surface area contributed by atoms with Crippen molar-refractivity contribution < 1.29 is 4.79 Å². The van der Waals surface area contributed by atoms with E-state index in [0.717, 1.165) is 25.9 Å². The van der Waals surface area contributed by atoms with E-state index in [9.17, 15) is 4.79 Å². The molecule has 1 N–H and O–H groups in total. The Morgan fingerprint density at radius 3 is 2.67 bits per heavy atom. The second kappa shape index (κ2) is 6.13. The molecule has 1 aromatic rings. The number of aromatic nitrogens is 1. The highest BCUT2D eigenvalue weighted by atomic mass is 16.2. The normalized spacial score (nSPS) is 16.4. The number of hydrogen-bond donors (Lipinski definition) is 1. The minimum atomic E-state index is -0.324. The molecule has 0 saturated carbocycles. The molecule has 5 heteroatoms. The number of nitrogens with one attached hydrogen (secondary N) is 1. The highest BCUT2D eigenvalue weighted by Gasteiger charge is 2.30. The lowest BCUT2D eigenvalue weighted by Gasteiger charge is -2.36. The summed E-state index contributed by atoms with van der Waals surface area (Å²) in [4.78, 5) is 18.4. The molecule has 2 rings (SSSR count). The molecule has 0 spiro atoms. The van der Waals surface area contributed by atoms with Crippen molar-refractivity contribution in [3.8, 4) is 6.07 Å². The Labute approximate surface area is 126 Å². The third kappa shape index (κ3) is 3.72. The largest absolute Gasteiger partial charge is 0.366 e. The van der Waals surface area contributed by atoms with Crippen LogP contribution in [0.25, 0.3) is 0 Å². The molecular weight excluding hydrogens is 264 g/mol. The zero-order chi connectivity index (χ0) is 15.5. The number of carbonyl (C=O) groups excluding carboxylic acids is 1. The van der Waals surface area contributed by atoms with Gasteiger partial charge in [-0.1, -0.05) is 20.8 Å². The van der Waals surface area contributed by atoms with Crippen LogP contribution in [0.1, 0.15) is 39.2 Å². The molecule has 1 aliphatic rings. The molecule has 1 aromatic heterocycles. The average Bonchev–Trinajstić information content (AvgIpc) is 2.47. The summed E-state index contributed by atoms with van der Waals surface area (Å²) >= 11 is 0. The van der Waals surface area contributed by atoms with E-state index >= 15 is 0 Å². The lowest BCUT2D eigenvalue weighted by molar-refractivity contribution is -0.140. The smallest absolute Gasteiger partial charge is 0.227 e. The number of pyridine rings is 1. The SMILES string of the molecule is CC(C)(C)C(=O)N1CCC(Nc2ncccc2C#N)CC1. The average molecular weight is 286 g/mol. The van der Waals surface area contributed by atoms with E-state index in [2.05, 4.69) is 16.4 Å². The van der Waals surface area contributed by atoms with Gasteiger partial charge in [0.2, 0.25) is 5.91 Å². The number of likely N-dealkylation sites (tertiary alicyclic amines) is 1. The lowest BCUT2D eigenvalue weighted by atomic mass is 9.93. The third-order valence-electron chi connectivity index (χ3n) is 3.69. The van der Waals surface area contributed by atoms with Gasteiger partial charge in [0.05, 0.1) is 5.56 Å². The molecule has 0 atom stereocenters. The molecule has 0 radical (unpaired) electrons. The van der Waals surface area contributed by atoms with E-state index in [1.165, 1.54) is 0 Å². The summed E-state index contributed by atoms with van der Waals surface area (Å²) in [6, 6.07) is 5.92. The summed E-state index contributed by atoms with van der Waals surface area (Å²) in [7, 11) is 0. The maximum atomic E-state index is 12.2. The Morgan fingerprint density at radius 2 is 2.10 bits per heavy atom. The van der Waals surface area contributed by atoms with Crippen molar-refractivity contribution in [1.29, 1.82) is 5.26 Å². The summed E-state index contributed by atoms with van der Waals surface area (Å²) in [6.07, 6.45) is 3.44. The van der Waals surface area contributed by atoms with Crippen molar-refractivity contribution in [1.82, 2.24) is 9.88 Å². The van der Waals surface area contributed by atoms with E-state index in [4.69, 9.17) is 5.26 Å². The third-order valence-corrected chi connectivity index (χ3v) is 3.69. The molecule has 1 fully saturated rings. The van der Waals surface area contributed by atoms with Crippen LogP contribution >= 0.6 is 0 Å². The van der Waals surface area contributed by atoms with Gasteiger partial charge in [0.25, 0.3) is 0 Å². The maximum Gasteiger partial charge on any atom is 0.227 e. The van der Waals surface area contributed by atoms with Gasteiger partial charge in [-0.05, 0) is 25.0 Å². The van der Waals surface area contributed by atoms with Crippen molar-refractivity contribution in [3.63, 3.8) is 0 Å². The van der Waals surface area contributed by atoms with Crippen LogP contribution in [0.5, 0.6) is 0 Å². The minimum absolute atomic E-state index is 0.205. The fourth-order valence-corrected chi connectivity index (χ4v) is 2.51. The first-order valence-electron chi connectivity index (χ1n) is 7.33. The molecule has 2 heterocycles. The summed E-state index contributed by atoms with van der Waals surface area (Å²) in [5, 5.41) is 12.4. The topological polar surface area (TPSA) is 69.0 Å². The Hall–Kier alpha value is -2.09. The van der Waals surface area contributed by atoms with Gasteiger partial charge in [-0.3, -0.25) is 4.79 Å². The number of nitrogens with zero attached hydrogens (tertiary/aromatic N) is 3. The monoisotopic (exact) mass is 286 g/mol. The van der Waals surface area contributed by atoms with Crippen LogP contribution in [-0.4, -0.2) is 34.9 Å². The van der Waals surface area contributed by atoms with E-state index in [0.29, 0.717) is 11.4 Å². The second-order valence-electron chi connectivity index (χ2n) is 6.47. The first-order chi connectivity index (χ1) is 9.91. The van der Waals surface area contributed by atoms with Gasteiger partial charge in [-0.25, -0.2) is 4.98 Å². The van der Waals surface area contributed by atoms with Gasteiger partial charge >= 0.3 is 0 Å². The Balaban J connectivity index is 1.93. The fourth-order valence-electron chi connectivity index (χ4n) is 2.51. The van der Waals surface area contributed by atoms with Crippen LogP contribution < -0.4 is 5.32 Å². The highest BCUT2D eigenvalue weighted by Crippen LogP contribution is 2.22. The first kappa shape index (κ1) is 15.3. The molecule has 0 aromatic carbocycles. The van der Waals surface area contributed by atoms with Crippen molar-refractivity contribution in [2.75, 3.05) is 18.4 Å². The summed E-state index contributed by atoms with van der Waals surface area (Å²) in [5.74, 6) is 0.845. The maximum absolute atomic E-state index is 12.2. The molecule has 0 unspecified atom stereocenters. The van der Waals surface area contributed by atoms with Crippen molar-refractivity contribution >= 4 is 11.7 Å². The number of rotatable bonds is 2. The summed E-state index contributed by atoms with van der Waals surface area (Å²) in [6.45, 7) is 7.36. The predicted molar refractivity (Wildman–Crippen MR) is 81.6 cm³/mol. The van der Waals surface area contributed by atoms with Crippen LogP contribution in [-0.2, 0) is 4.79 Å². The molecule has 5 nitrogen and oxygen atoms in total. The molecule has 1 saturated heterocycles. The molecule has 0 aliphatic carbocycles. The van der Waals surface area contributed by atoms with E-state index in [1.807, 2.05) is 25.7 Å². The Bertz CT molecular complexity index is 548. The van der Waals surface area contributed by atoms with Crippen molar-refractivity contribution in [2.24, 2.45) is 5.41 Å². The number of nitriles is 1. The zero-order valence-corrected chi connectivity index (χ0v) is 12.9. The van der Waals surface area contributed by atoms with E-state index < -0.39 is 0 Å². The zero-order valence-electron chi connectivity index (χ0n) is 12.9. The van der Waals surface area contributed by atoms with Crippen LogP contribution in [0, 0.1) is 16.7 Å². The quantitative estimate of drug-likeness (QED) is 0.906. The van der Waals surface area contributed by atoms with Gasteiger partial charge in [-0.2, -0.15) is 5.26 Å². The van der Waals surface area contributed by atoms with Crippen molar-refractivity contribution in [2.45, 2.75) is 39.7 Å². The summed E-state index contributed by atoms with van der Waals surface area (Å²) in [5.41, 5.74) is 0.237. The van der Waals surface area contributed by atoms with Gasteiger partial charge in [0, 0.05) is 30.7 Å². The van der Waals surface area contributed by atoms with Gasteiger partial charge in [0.15, 0.2) is 0 Å². The molecule has 21 heavy (non-hydrogen) atoms. The van der Waals surface area contributed by atoms with E-state index in [-0.39, 0.29) is 17.4 Å². The van der Waals surface area contributed by atoms with Crippen molar-refractivity contribution in [3.05, 3.63) is 23.9 Å². The molecule has 1 amide bonds. The summed E-state index contributed by atoms with van der Waals surface area (Å²) < 4.78 is 0. The van der Waals surface area contributed by atoms with Gasteiger partial charge < -0.3 is 10.2 Å². The highest BCUT2D eigenvalue weighted by molar-refractivity contribution is 5.81.